The molecule has 136 valence electrons. The number of nitrogens with zero attached hydrogens (tertiary/aromatic N) is 3. The van der Waals surface area contributed by atoms with Crippen molar-refractivity contribution in [2.45, 2.75) is 25.7 Å². The maximum atomic E-state index is 13.6. The Morgan fingerprint density at radius 2 is 2.00 bits per heavy atom. The van der Waals surface area contributed by atoms with Crippen molar-refractivity contribution in [1.29, 1.82) is 0 Å². The number of amides is 2. The predicted molar refractivity (Wildman–Crippen MR) is 91.2 cm³/mol. The Morgan fingerprint density at radius 3 is 2.69 bits per heavy atom. The third kappa shape index (κ3) is 4.01. The summed E-state index contributed by atoms with van der Waals surface area (Å²) < 4.78 is 27.1. The van der Waals surface area contributed by atoms with Crippen molar-refractivity contribution in [1.82, 2.24) is 15.1 Å². The van der Waals surface area contributed by atoms with Crippen molar-refractivity contribution >= 4 is 17.5 Å². The van der Waals surface area contributed by atoms with E-state index in [2.05, 4.69) is 15.5 Å². The lowest BCUT2D eigenvalue weighted by Crippen LogP contribution is -2.45. The van der Waals surface area contributed by atoms with Gasteiger partial charge in [-0.25, -0.2) is 8.78 Å². The van der Waals surface area contributed by atoms with Gasteiger partial charge in [-0.15, -0.1) is 0 Å². The molecule has 0 unspecified atom stereocenters. The number of aryl methyl sites for hydroxylation is 1. The van der Waals surface area contributed by atoms with E-state index in [1.807, 2.05) is 0 Å². The molecule has 1 aliphatic rings. The molecule has 26 heavy (non-hydrogen) atoms. The first-order valence-corrected chi connectivity index (χ1v) is 8.21. The van der Waals surface area contributed by atoms with Gasteiger partial charge in [0.1, 0.15) is 0 Å². The predicted octanol–water partition coefficient (Wildman–Crippen LogP) is 2.91. The first-order chi connectivity index (χ1) is 12.4. The molecule has 0 bridgehead atoms. The van der Waals surface area contributed by atoms with Gasteiger partial charge in [-0.3, -0.25) is 9.59 Å². The minimum atomic E-state index is -2.86. The van der Waals surface area contributed by atoms with Crippen molar-refractivity contribution in [3.05, 3.63) is 53.3 Å². The molecule has 1 aromatic heterocycles. The highest BCUT2D eigenvalue weighted by Gasteiger charge is 2.37. The second kappa shape index (κ2) is 7.15. The largest absolute Gasteiger partial charge is 0.333 e. The van der Waals surface area contributed by atoms with Gasteiger partial charge < -0.3 is 10.2 Å². The summed E-state index contributed by atoms with van der Waals surface area (Å²) in [5.41, 5.74) is 1.78. The lowest BCUT2D eigenvalue weighted by Gasteiger charge is -2.32. The maximum absolute atomic E-state index is 13.6. The van der Waals surface area contributed by atoms with Crippen LogP contribution in [0.5, 0.6) is 0 Å². The zero-order valence-electron chi connectivity index (χ0n) is 14.2. The number of hydrogen-bond donors (Lipinski definition) is 1. The zero-order valence-corrected chi connectivity index (χ0v) is 14.2. The van der Waals surface area contributed by atoms with Gasteiger partial charge >= 0.3 is 0 Å². The number of halogens is 2. The highest BCUT2D eigenvalue weighted by Crippen LogP contribution is 2.28. The molecule has 0 spiro atoms. The molecule has 2 heterocycles. The molecule has 6 nitrogen and oxygen atoms in total. The smallest absolute Gasteiger partial charge is 0.265 e. The van der Waals surface area contributed by atoms with Gasteiger partial charge in [0.05, 0.1) is 24.5 Å². The van der Waals surface area contributed by atoms with E-state index >= 15 is 0 Å². The minimum absolute atomic E-state index is 0.202. The van der Waals surface area contributed by atoms with Crippen LogP contribution in [0.3, 0.4) is 0 Å². The summed E-state index contributed by atoms with van der Waals surface area (Å²) in [6.07, 6.45) is 2.79. The molecular formula is C18H18F2N4O2. The van der Waals surface area contributed by atoms with Crippen LogP contribution < -0.4 is 5.32 Å². The van der Waals surface area contributed by atoms with Crippen LogP contribution in [-0.4, -0.2) is 45.9 Å². The van der Waals surface area contributed by atoms with Gasteiger partial charge in [0.15, 0.2) is 0 Å². The molecule has 2 aromatic rings. The number of nitrogens with one attached hydrogen (secondary N) is 1. The Labute approximate surface area is 149 Å². The monoisotopic (exact) mass is 360 g/mol. The van der Waals surface area contributed by atoms with Gasteiger partial charge in [-0.2, -0.15) is 10.2 Å². The quantitative estimate of drug-likeness (QED) is 0.913. The Kier molecular flexibility index (Phi) is 4.92. The Hall–Kier alpha value is -2.90. The van der Waals surface area contributed by atoms with E-state index in [1.165, 1.54) is 24.5 Å². The van der Waals surface area contributed by atoms with Crippen LogP contribution in [-0.2, 0) is 0 Å². The van der Waals surface area contributed by atoms with Gasteiger partial charge in [0.2, 0.25) is 0 Å². The second-order valence-electron chi connectivity index (χ2n) is 6.30. The highest BCUT2D eigenvalue weighted by atomic mass is 19.3. The van der Waals surface area contributed by atoms with E-state index in [-0.39, 0.29) is 18.4 Å². The third-order valence-electron chi connectivity index (χ3n) is 4.26. The van der Waals surface area contributed by atoms with Crippen LogP contribution in [0.15, 0.2) is 36.7 Å². The Bertz CT molecular complexity index is 827. The van der Waals surface area contributed by atoms with Gasteiger partial charge in [-0.05, 0) is 37.1 Å². The lowest BCUT2D eigenvalue weighted by atomic mass is 10.0. The topological polar surface area (TPSA) is 75.2 Å². The molecule has 3 rings (SSSR count). The molecule has 0 saturated carbocycles. The van der Waals surface area contributed by atoms with E-state index < -0.39 is 24.3 Å². The fourth-order valence-corrected chi connectivity index (χ4v) is 2.83. The molecule has 2 amide bonds. The molecule has 1 aromatic carbocycles. The Balaban J connectivity index is 1.79. The van der Waals surface area contributed by atoms with Gasteiger partial charge in [0.25, 0.3) is 17.7 Å². The number of rotatable bonds is 3. The van der Waals surface area contributed by atoms with Gasteiger partial charge in [-0.1, -0.05) is 6.07 Å². The van der Waals surface area contributed by atoms with Crippen LogP contribution in [0, 0.1) is 6.92 Å². The normalized spacial score (nSPS) is 16.2. The van der Waals surface area contributed by atoms with E-state index in [1.54, 1.807) is 19.1 Å². The zero-order chi connectivity index (χ0) is 18.7. The van der Waals surface area contributed by atoms with Crippen LogP contribution >= 0.6 is 0 Å². The van der Waals surface area contributed by atoms with Crippen LogP contribution in [0.25, 0.3) is 0 Å². The number of likely N-dealkylation sites (tertiary alicyclic amines) is 1. The highest BCUT2D eigenvalue weighted by molar-refractivity contribution is 6.05. The van der Waals surface area contributed by atoms with Crippen molar-refractivity contribution in [2.75, 3.05) is 18.4 Å². The van der Waals surface area contributed by atoms with E-state index in [9.17, 15) is 18.4 Å². The van der Waals surface area contributed by atoms with E-state index in [4.69, 9.17) is 0 Å². The average Bonchev–Trinajstić information content (AvgIpc) is 2.63. The van der Waals surface area contributed by atoms with Crippen molar-refractivity contribution in [2.24, 2.45) is 0 Å². The molecule has 8 heteroatoms. The molecular weight excluding hydrogens is 342 g/mol. The summed E-state index contributed by atoms with van der Waals surface area (Å²) in [7, 11) is 0. The Morgan fingerprint density at radius 1 is 1.19 bits per heavy atom. The van der Waals surface area contributed by atoms with Crippen LogP contribution in [0.2, 0.25) is 0 Å². The number of benzene rings is 1. The molecule has 0 radical (unpaired) electrons. The van der Waals surface area contributed by atoms with Crippen molar-refractivity contribution < 1.29 is 18.4 Å². The summed E-state index contributed by atoms with van der Waals surface area (Å²) in [5, 5.41) is 9.97. The lowest BCUT2D eigenvalue weighted by molar-refractivity contribution is -0.0560. The standard InChI is InChI=1S/C18H18F2N4O2/c1-12-3-4-13(17(26)24-8-2-6-18(19,20)11-24)9-15(12)23-16(25)14-5-7-21-22-10-14/h3-5,7,9-10H,2,6,8,11H2,1H3,(H,23,25). The molecule has 1 saturated heterocycles. The molecule has 1 fully saturated rings. The second-order valence-corrected chi connectivity index (χ2v) is 6.30. The van der Waals surface area contributed by atoms with Crippen LogP contribution in [0.4, 0.5) is 14.5 Å². The molecule has 1 N–H and O–H groups in total. The third-order valence-corrected chi connectivity index (χ3v) is 4.26. The number of aromatic nitrogens is 2. The summed E-state index contributed by atoms with van der Waals surface area (Å²) in [5.74, 6) is -3.72. The molecule has 0 atom stereocenters. The van der Waals surface area contributed by atoms with E-state index in [0.29, 0.717) is 17.8 Å². The summed E-state index contributed by atoms with van der Waals surface area (Å²) in [4.78, 5) is 26.0. The van der Waals surface area contributed by atoms with E-state index in [0.717, 1.165) is 10.5 Å². The SMILES string of the molecule is Cc1ccc(C(=O)N2CCCC(F)(F)C2)cc1NC(=O)c1ccnnc1. The number of hydrogen-bond acceptors (Lipinski definition) is 4. The number of piperidine rings is 1. The fourth-order valence-electron chi connectivity index (χ4n) is 2.83. The fraction of sp³-hybridized carbons (Fsp3) is 0.333. The average molecular weight is 360 g/mol. The van der Waals surface area contributed by atoms with Crippen molar-refractivity contribution in [3.8, 4) is 0 Å². The van der Waals surface area contributed by atoms with Crippen molar-refractivity contribution in [3.63, 3.8) is 0 Å². The first-order valence-electron chi connectivity index (χ1n) is 8.21. The summed E-state index contributed by atoms with van der Waals surface area (Å²) in [6, 6.07) is 6.28. The molecule has 1 aliphatic heterocycles. The summed E-state index contributed by atoms with van der Waals surface area (Å²) >= 11 is 0. The number of carbonyl (C=O) groups excluding carboxylic acids is 2. The minimum Gasteiger partial charge on any atom is -0.333 e. The maximum Gasteiger partial charge on any atom is 0.265 e. The number of carbonyl (C=O) groups is 2. The summed E-state index contributed by atoms with van der Waals surface area (Å²) in [6.45, 7) is 1.50. The first kappa shape index (κ1) is 17.9. The van der Waals surface area contributed by atoms with Crippen LogP contribution in [0.1, 0.15) is 39.1 Å². The number of anilines is 1. The molecule has 0 aliphatic carbocycles. The van der Waals surface area contributed by atoms with Gasteiger partial charge in [0, 0.05) is 24.2 Å². The number of alkyl halides is 2.